The number of thioether (sulfide) groups is 1. The first-order valence-corrected chi connectivity index (χ1v) is 13.3. The normalized spacial score (nSPS) is 14.2. The van der Waals surface area contributed by atoms with E-state index in [1.807, 2.05) is 27.0 Å². The van der Waals surface area contributed by atoms with Gasteiger partial charge in [0.2, 0.25) is 0 Å². The number of hydrogen-bond acceptors (Lipinski definition) is 10. The lowest BCUT2D eigenvalue weighted by Gasteiger charge is -2.19. The van der Waals surface area contributed by atoms with Gasteiger partial charge in [-0.2, -0.15) is 0 Å². The Morgan fingerprint density at radius 3 is 2.56 bits per heavy atom. The minimum absolute atomic E-state index is 0.0811. The molecule has 4 aromatic rings. The summed E-state index contributed by atoms with van der Waals surface area (Å²) in [5, 5.41) is 4.01. The van der Waals surface area contributed by atoms with Crippen molar-refractivity contribution in [3.05, 3.63) is 51.9 Å². The van der Waals surface area contributed by atoms with Crippen molar-refractivity contribution in [3.8, 4) is 11.4 Å². The molecule has 4 heterocycles. The highest BCUT2D eigenvalue weighted by atomic mass is 32.2. The summed E-state index contributed by atoms with van der Waals surface area (Å²) in [6.07, 6.45) is 9.95. The van der Waals surface area contributed by atoms with Crippen molar-refractivity contribution < 1.29 is 0 Å². The second-order valence-electron chi connectivity index (χ2n) is 9.09. The number of rotatable bonds is 8. The zero-order chi connectivity index (χ0) is 25.4. The Kier molecular flexibility index (Phi) is 6.65. The summed E-state index contributed by atoms with van der Waals surface area (Å²) in [6.45, 7) is 8.25. The molecule has 1 saturated carbocycles. The van der Waals surface area contributed by atoms with E-state index in [1.54, 1.807) is 23.3 Å². The molecule has 10 nitrogen and oxygen atoms in total. The molecule has 36 heavy (non-hydrogen) atoms. The Hall–Kier alpha value is -3.47. The molecule has 1 aliphatic carbocycles. The zero-order valence-electron chi connectivity index (χ0n) is 21.1. The monoisotopic (exact) mass is 503 g/mol. The lowest BCUT2D eigenvalue weighted by atomic mass is 10.1. The van der Waals surface area contributed by atoms with Crippen LogP contribution in [0.4, 0.5) is 5.82 Å². The molecular weight excluding hydrogens is 474 g/mol. The number of anilines is 1. The molecule has 4 aromatic heterocycles. The van der Waals surface area contributed by atoms with E-state index in [2.05, 4.69) is 37.2 Å². The second kappa shape index (κ2) is 9.88. The van der Waals surface area contributed by atoms with E-state index in [9.17, 15) is 4.79 Å². The van der Waals surface area contributed by atoms with Crippen LogP contribution < -0.4 is 10.9 Å². The maximum atomic E-state index is 13.6. The van der Waals surface area contributed by atoms with E-state index in [0.717, 1.165) is 46.9 Å². The summed E-state index contributed by atoms with van der Waals surface area (Å²) in [4.78, 5) is 45.8. The molecule has 0 aromatic carbocycles. The number of hydrogen-bond donors (Lipinski definition) is 1. The van der Waals surface area contributed by atoms with Crippen molar-refractivity contribution in [2.75, 3.05) is 11.6 Å². The first-order chi connectivity index (χ1) is 17.4. The van der Waals surface area contributed by atoms with Crippen LogP contribution in [0.1, 0.15) is 67.8 Å². The summed E-state index contributed by atoms with van der Waals surface area (Å²) in [6, 6.07) is -0.0811. The topological polar surface area (TPSA) is 124 Å². The van der Waals surface area contributed by atoms with Crippen molar-refractivity contribution in [3.63, 3.8) is 0 Å². The maximum absolute atomic E-state index is 13.6. The van der Waals surface area contributed by atoms with Crippen LogP contribution in [-0.2, 0) is 6.54 Å². The standard InChI is InChI=1S/C25H29N9OS/c1-6-13(2)34-24-20(32-23(25(34)35)28-10-17-9-27-18(36-5)11-26-17)15(4)31-22(33-24)19-14(3)29-12-30-21(19)16-7-8-16/h9,11-13,16H,6-8,10H2,1-5H3,(H,28,32)/t13-/m1/s1. The third kappa shape index (κ3) is 4.55. The smallest absolute Gasteiger partial charge is 0.295 e. The number of nitrogens with zero attached hydrogens (tertiary/aromatic N) is 8. The molecular formula is C25H29N9OS. The van der Waals surface area contributed by atoms with Gasteiger partial charge in [0.1, 0.15) is 16.9 Å². The molecule has 0 aliphatic heterocycles. The van der Waals surface area contributed by atoms with Crippen molar-refractivity contribution in [1.82, 2.24) is 39.5 Å². The second-order valence-corrected chi connectivity index (χ2v) is 9.92. The molecule has 0 spiro atoms. The molecule has 1 aliphatic rings. The largest absolute Gasteiger partial charge is 0.360 e. The van der Waals surface area contributed by atoms with E-state index < -0.39 is 0 Å². The highest BCUT2D eigenvalue weighted by molar-refractivity contribution is 7.98. The lowest BCUT2D eigenvalue weighted by molar-refractivity contribution is 0.526. The van der Waals surface area contributed by atoms with Crippen LogP contribution in [0.15, 0.2) is 28.5 Å². The average molecular weight is 504 g/mol. The van der Waals surface area contributed by atoms with Crippen molar-refractivity contribution >= 4 is 28.7 Å². The number of aryl methyl sites for hydroxylation is 2. The van der Waals surface area contributed by atoms with Crippen molar-refractivity contribution in [2.45, 2.75) is 70.5 Å². The van der Waals surface area contributed by atoms with Crippen LogP contribution in [0.2, 0.25) is 0 Å². The van der Waals surface area contributed by atoms with E-state index in [1.165, 1.54) is 11.8 Å². The molecule has 1 N–H and O–H groups in total. The number of aromatic nitrogens is 8. The van der Waals surface area contributed by atoms with Gasteiger partial charge in [-0.3, -0.25) is 14.3 Å². The summed E-state index contributed by atoms with van der Waals surface area (Å²) < 4.78 is 1.72. The van der Waals surface area contributed by atoms with Crippen LogP contribution in [-0.4, -0.2) is 45.7 Å². The third-order valence-electron chi connectivity index (χ3n) is 6.53. The van der Waals surface area contributed by atoms with Crippen LogP contribution >= 0.6 is 11.8 Å². The SMILES string of the molecule is CC[C@@H](C)n1c(=O)c(NCc2cnc(SC)cn2)nc2c(C)nc(-c3c(C)ncnc3C3CC3)nc21. The number of nitrogens with one attached hydrogen (secondary N) is 1. The quantitative estimate of drug-likeness (QED) is 0.349. The Morgan fingerprint density at radius 1 is 1.08 bits per heavy atom. The molecule has 1 atom stereocenters. The lowest BCUT2D eigenvalue weighted by Crippen LogP contribution is -2.29. The molecule has 0 amide bonds. The van der Waals surface area contributed by atoms with Gasteiger partial charge in [0, 0.05) is 12.0 Å². The van der Waals surface area contributed by atoms with E-state index in [4.69, 9.17) is 9.97 Å². The average Bonchev–Trinajstić information content (AvgIpc) is 3.73. The van der Waals surface area contributed by atoms with Gasteiger partial charge < -0.3 is 5.32 Å². The molecule has 0 bridgehead atoms. The molecule has 1 fully saturated rings. The molecule has 11 heteroatoms. The molecule has 0 unspecified atom stereocenters. The van der Waals surface area contributed by atoms with Gasteiger partial charge in [0.15, 0.2) is 17.3 Å². The highest BCUT2D eigenvalue weighted by Crippen LogP contribution is 2.43. The van der Waals surface area contributed by atoms with E-state index in [0.29, 0.717) is 35.1 Å². The maximum Gasteiger partial charge on any atom is 0.295 e. The molecule has 186 valence electrons. The Balaban J connectivity index is 1.62. The third-order valence-corrected chi connectivity index (χ3v) is 7.16. The number of fused-ring (bicyclic) bond motifs is 1. The van der Waals surface area contributed by atoms with Gasteiger partial charge in [-0.15, -0.1) is 11.8 Å². The molecule has 0 saturated heterocycles. The fourth-order valence-corrected chi connectivity index (χ4v) is 4.50. The Bertz CT molecular complexity index is 1480. The highest BCUT2D eigenvalue weighted by Gasteiger charge is 2.30. The summed E-state index contributed by atoms with van der Waals surface area (Å²) in [5.74, 6) is 1.20. The van der Waals surface area contributed by atoms with Gasteiger partial charge >= 0.3 is 0 Å². The van der Waals surface area contributed by atoms with Gasteiger partial charge in [-0.25, -0.2) is 29.9 Å². The van der Waals surface area contributed by atoms with Gasteiger partial charge in [0.05, 0.1) is 47.3 Å². The molecule has 0 radical (unpaired) electrons. The van der Waals surface area contributed by atoms with Crippen molar-refractivity contribution in [1.29, 1.82) is 0 Å². The Labute approximate surface area is 213 Å². The van der Waals surface area contributed by atoms with Crippen molar-refractivity contribution in [2.24, 2.45) is 0 Å². The van der Waals surface area contributed by atoms with Crippen LogP contribution in [0.3, 0.4) is 0 Å². The molecule has 5 rings (SSSR count). The van der Waals surface area contributed by atoms with Gasteiger partial charge in [0.25, 0.3) is 5.56 Å². The van der Waals surface area contributed by atoms with Crippen LogP contribution in [0.5, 0.6) is 0 Å². The summed E-state index contributed by atoms with van der Waals surface area (Å²) >= 11 is 1.53. The fourth-order valence-electron chi connectivity index (χ4n) is 4.19. The minimum atomic E-state index is -0.224. The summed E-state index contributed by atoms with van der Waals surface area (Å²) in [5.41, 5.74) is 5.00. The zero-order valence-corrected chi connectivity index (χ0v) is 21.9. The predicted octanol–water partition coefficient (Wildman–Crippen LogP) is 4.23. The Morgan fingerprint density at radius 2 is 1.89 bits per heavy atom. The summed E-state index contributed by atoms with van der Waals surface area (Å²) in [7, 11) is 0. The minimum Gasteiger partial charge on any atom is -0.360 e. The van der Waals surface area contributed by atoms with Gasteiger partial charge in [-0.1, -0.05) is 6.92 Å². The van der Waals surface area contributed by atoms with Gasteiger partial charge in [-0.05, 0) is 46.3 Å². The van der Waals surface area contributed by atoms with E-state index >= 15 is 0 Å². The van der Waals surface area contributed by atoms with E-state index in [-0.39, 0.29) is 17.4 Å². The fraction of sp³-hybridized carbons (Fsp3) is 0.440. The van der Waals surface area contributed by atoms with Crippen LogP contribution in [0.25, 0.3) is 22.6 Å². The first kappa shape index (κ1) is 24.2. The van der Waals surface area contributed by atoms with Crippen LogP contribution in [0, 0.1) is 13.8 Å². The first-order valence-electron chi connectivity index (χ1n) is 12.1. The predicted molar refractivity (Wildman–Crippen MR) is 140 cm³/mol.